The molecule has 0 saturated heterocycles. The predicted octanol–water partition coefficient (Wildman–Crippen LogP) is 2.85. The van der Waals surface area contributed by atoms with Crippen LogP contribution in [0.2, 0.25) is 0 Å². The van der Waals surface area contributed by atoms with E-state index in [0.29, 0.717) is 0 Å². The summed E-state index contributed by atoms with van der Waals surface area (Å²) in [5.74, 6) is 1.94. The summed E-state index contributed by atoms with van der Waals surface area (Å²) in [7, 11) is 0. The molecule has 2 nitrogen and oxygen atoms in total. The van der Waals surface area contributed by atoms with E-state index in [0.717, 1.165) is 24.6 Å². The average molecular weight is 211 g/mol. The van der Waals surface area contributed by atoms with E-state index in [4.69, 9.17) is 4.42 Å². The minimum absolute atomic E-state index is 0.903. The van der Waals surface area contributed by atoms with Gasteiger partial charge in [0.1, 0.15) is 5.76 Å². The second-order valence-electron chi connectivity index (χ2n) is 3.16. The number of thioether (sulfide) groups is 1. The molecular weight excluding hydrogens is 194 g/mol. The van der Waals surface area contributed by atoms with Gasteiger partial charge in [0.25, 0.3) is 0 Å². The number of likely N-dealkylation sites (N-methyl/N-ethyl adjacent to an activating group) is 1. The third kappa shape index (κ3) is 3.60. The maximum Gasteiger partial charge on any atom is 0.114 e. The molecule has 0 spiro atoms. The van der Waals surface area contributed by atoms with Crippen molar-refractivity contribution in [3.05, 3.63) is 30.2 Å². The minimum Gasteiger partial charge on any atom is -0.468 e. The van der Waals surface area contributed by atoms with Gasteiger partial charge in [0.2, 0.25) is 0 Å². The Kier molecular flexibility index (Phi) is 4.84. The summed E-state index contributed by atoms with van der Waals surface area (Å²) in [5, 5.41) is 3.26. The van der Waals surface area contributed by atoms with Crippen LogP contribution in [-0.4, -0.2) is 18.8 Å². The monoisotopic (exact) mass is 211 g/mol. The summed E-state index contributed by atoms with van der Waals surface area (Å²) in [6, 6.07) is 2.00. The van der Waals surface area contributed by atoms with Crippen LogP contribution in [0.4, 0.5) is 0 Å². The third-order valence-electron chi connectivity index (χ3n) is 1.87. The van der Waals surface area contributed by atoms with Gasteiger partial charge in [-0.3, -0.25) is 0 Å². The number of hydrogen-bond acceptors (Lipinski definition) is 3. The standard InChI is InChI=1S/C11H17NOS/c1-4-12-7-9(2)8-14-11-5-6-13-10(11)3/h5-6,12H,2,4,7-8H2,1,3H3. The molecule has 0 bridgehead atoms. The van der Waals surface area contributed by atoms with Crippen molar-refractivity contribution in [3.63, 3.8) is 0 Å². The lowest BCUT2D eigenvalue weighted by atomic mass is 10.3. The molecule has 0 atom stereocenters. The molecular formula is C11H17NOS. The number of nitrogens with one attached hydrogen (secondary N) is 1. The van der Waals surface area contributed by atoms with Crippen LogP contribution in [0.15, 0.2) is 33.8 Å². The normalized spacial score (nSPS) is 10.4. The van der Waals surface area contributed by atoms with Gasteiger partial charge in [0.15, 0.2) is 0 Å². The van der Waals surface area contributed by atoms with Gasteiger partial charge in [-0.05, 0) is 19.5 Å². The zero-order valence-electron chi connectivity index (χ0n) is 8.80. The Morgan fingerprint density at radius 3 is 3.00 bits per heavy atom. The number of aryl methyl sites for hydroxylation is 1. The van der Waals surface area contributed by atoms with Crippen LogP contribution in [-0.2, 0) is 0 Å². The van der Waals surface area contributed by atoms with E-state index in [1.807, 2.05) is 13.0 Å². The van der Waals surface area contributed by atoms with Crippen LogP contribution in [0.3, 0.4) is 0 Å². The Morgan fingerprint density at radius 2 is 2.43 bits per heavy atom. The largest absolute Gasteiger partial charge is 0.468 e. The lowest BCUT2D eigenvalue weighted by Crippen LogP contribution is -2.16. The van der Waals surface area contributed by atoms with Crippen molar-refractivity contribution in [1.82, 2.24) is 5.32 Å². The van der Waals surface area contributed by atoms with Crippen molar-refractivity contribution >= 4 is 11.8 Å². The maximum atomic E-state index is 5.21. The van der Waals surface area contributed by atoms with Gasteiger partial charge in [-0.2, -0.15) is 0 Å². The smallest absolute Gasteiger partial charge is 0.114 e. The van der Waals surface area contributed by atoms with E-state index < -0.39 is 0 Å². The first-order chi connectivity index (χ1) is 6.74. The SMILES string of the molecule is C=C(CNCC)CSc1ccoc1C. The number of rotatable bonds is 6. The topological polar surface area (TPSA) is 25.2 Å². The first kappa shape index (κ1) is 11.4. The van der Waals surface area contributed by atoms with E-state index >= 15 is 0 Å². The van der Waals surface area contributed by atoms with Crippen LogP contribution in [0.1, 0.15) is 12.7 Å². The zero-order chi connectivity index (χ0) is 10.4. The van der Waals surface area contributed by atoms with E-state index in [1.54, 1.807) is 18.0 Å². The Hall–Kier alpha value is -0.670. The van der Waals surface area contributed by atoms with E-state index in [2.05, 4.69) is 18.8 Å². The molecule has 1 heterocycles. The van der Waals surface area contributed by atoms with Gasteiger partial charge in [-0.1, -0.05) is 19.1 Å². The highest BCUT2D eigenvalue weighted by molar-refractivity contribution is 7.99. The Bertz CT molecular complexity index is 293. The van der Waals surface area contributed by atoms with Crippen molar-refractivity contribution in [2.75, 3.05) is 18.8 Å². The second-order valence-corrected chi connectivity index (χ2v) is 4.18. The van der Waals surface area contributed by atoms with Gasteiger partial charge in [0.05, 0.1) is 6.26 Å². The molecule has 0 aliphatic carbocycles. The van der Waals surface area contributed by atoms with Crippen molar-refractivity contribution < 1.29 is 4.42 Å². The lowest BCUT2D eigenvalue weighted by Gasteiger charge is -2.04. The van der Waals surface area contributed by atoms with Gasteiger partial charge in [0, 0.05) is 17.2 Å². The van der Waals surface area contributed by atoms with E-state index in [9.17, 15) is 0 Å². The molecule has 0 aliphatic rings. The van der Waals surface area contributed by atoms with Crippen LogP contribution in [0.25, 0.3) is 0 Å². The molecule has 78 valence electrons. The highest BCUT2D eigenvalue weighted by Gasteiger charge is 2.02. The summed E-state index contributed by atoms with van der Waals surface area (Å²) < 4.78 is 5.21. The van der Waals surface area contributed by atoms with Crippen molar-refractivity contribution in [3.8, 4) is 0 Å². The fraction of sp³-hybridized carbons (Fsp3) is 0.455. The Labute approximate surface area is 89.8 Å². The van der Waals surface area contributed by atoms with Crippen LogP contribution < -0.4 is 5.32 Å². The van der Waals surface area contributed by atoms with Gasteiger partial charge < -0.3 is 9.73 Å². The Morgan fingerprint density at radius 1 is 1.64 bits per heavy atom. The summed E-state index contributed by atoms with van der Waals surface area (Å²) >= 11 is 1.78. The zero-order valence-corrected chi connectivity index (χ0v) is 9.62. The Balaban J connectivity index is 2.27. The molecule has 0 fully saturated rings. The first-order valence-corrected chi connectivity index (χ1v) is 5.77. The molecule has 0 amide bonds. The molecule has 3 heteroatoms. The molecule has 1 N–H and O–H groups in total. The van der Waals surface area contributed by atoms with Crippen molar-refractivity contribution in [2.24, 2.45) is 0 Å². The third-order valence-corrected chi connectivity index (χ3v) is 3.16. The van der Waals surface area contributed by atoms with Gasteiger partial charge in [-0.25, -0.2) is 0 Å². The molecule has 0 unspecified atom stereocenters. The highest BCUT2D eigenvalue weighted by Crippen LogP contribution is 2.24. The number of furan rings is 1. The van der Waals surface area contributed by atoms with Gasteiger partial charge >= 0.3 is 0 Å². The summed E-state index contributed by atoms with van der Waals surface area (Å²) in [6.07, 6.45) is 1.73. The van der Waals surface area contributed by atoms with Crippen molar-refractivity contribution in [1.29, 1.82) is 0 Å². The summed E-state index contributed by atoms with van der Waals surface area (Å²) in [6.45, 7) is 9.98. The molecule has 1 rings (SSSR count). The molecule has 1 aromatic rings. The molecule has 0 radical (unpaired) electrons. The maximum absolute atomic E-state index is 5.21. The van der Waals surface area contributed by atoms with Crippen LogP contribution in [0.5, 0.6) is 0 Å². The molecule has 0 saturated carbocycles. The predicted molar refractivity (Wildman–Crippen MR) is 61.9 cm³/mol. The quantitative estimate of drug-likeness (QED) is 0.578. The minimum atomic E-state index is 0.903. The lowest BCUT2D eigenvalue weighted by molar-refractivity contribution is 0.527. The van der Waals surface area contributed by atoms with Crippen molar-refractivity contribution in [2.45, 2.75) is 18.7 Å². The summed E-state index contributed by atoms with van der Waals surface area (Å²) in [5.41, 5.74) is 1.22. The highest BCUT2D eigenvalue weighted by atomic mass is 32.2. The average Bonchev–Trinajstić information content (AvgIpc) is 2.58. The fourth-order valence-corrected chi connectivity index (χ4v) is 1.92. The molecule has 0 aliphatic heterocycles. The second kappa shape index (κ2) is 5.94. The van der Waals surface area contributed by atoms with Crippen LogP contribution >= 0.6 is 11.8 Å². The number of hydrogen-bond donors (Lipinski definition) is 1. The fourth-order valence-electron chi connectivity index (χ4n) is 1.06. The van der Waals surface area contributed by atoms with E-state index in [-0.39, 0.29) is 0 Å². The summed E-state index contributed by atoms with van der Waals surface area (Å²) in [4.78, 5) is 1.21. The van der Waals surface area contributed by atoms with Crippen LogP contribution in [0, 0.1) is 6.92 Å². The molecule has 14 heavy (non-hydrogen) atoms. The first-order valence-electron chi connectivity index (χ1n) is 4.78. The molecule has 1 aromatic heterocycles. The van der Waals surface area contributed by atoms with E-state index in [1.165, 1.54) is 10.5 Å². The molecule has 0 aromatic carbocycles. The van der Waals surface area contributed by atoms with Gasteiger partial charge in [-0.15, -0.1) is 11.8 Å².